The predicted octanol–water partition coefficient (Wildman–Crippen LogP) is 4.48. The minimum Gasteiger partial charge on any atom is -0.465 e. The first kappa shape index (κ1) is 14.5. The molecule has 0 N–H and O–H groups in total. The molecule has 110 valence electrons. The molecule has 5 heteroatoms. The fraction of sp³-hybridized carbons (Fsp3) is 0.0588. The van der Waals surface area contributed by atoms with Gasteiger partial charge in [0, 0.05) is 17.1 Å². The molecule has 0 spiro atoms. The van der Waals surface area contributed by atoms with E-state index >= 15 is 0 Å². The summed E-state index contributed by atoms with van der Waals surface area (Å²) in [5.41, 5.74) is 2.35. The monoisotopic (exact) mass is 315 g/mol. The Hall–Kier alpha value is -2.46. The minimum atomic E-state index is -0.492. The van der Waals surface area contributed by atoms with Crippen molar-refractivity contribution in [2.24, 2.45) is 0 Å². The van der Waals surface area contributed by atoms with Crippen molar-refractivity contribution in [3.05, 3.63) is 65.1 Å². The average molecular weight is 316 g/mol. The average Bonchev–Trinajstić information content (AvgIpc) is 2.55. The van der Waals surface area contributed by atoms with E-state index in [0.29, 0.717) is 27.6 Å². The molecule has 1 heterocycles. The largest absolute Gasteiger partial charge is 0.465 e. The second-order valence-corrected chi connectivity index (χ2v) is 5.06. The lowest BCUT2D eigenvalue weighted by molar-refractivity contribution is 0.0601. The molecule has 0 fully saturated rings. The van der Waals surface area contributed by atoms with Gasteiger partial charge in [-0.25, -0.2) is 9.18 Å². The molecule has 0 amide bonds. The Balaban J connectivity index is 2.29. The van der Waals surface area contributed by atoms with Crippen LogP contribution in [0, 0.1) is 5.82 Å². The third-order valence-corrected chi connectivity index (χ3v) is 3.79. The molecule has 3 aromatic rings. The number of rotatable bonds is 2. The number of methoxy groups -OCH3 is 1. The number of carbonyl (C=O) groups is 1. The third-order valence-electron chi connectivity index (χ3n) is 3.40. The fourth-order valence-electron chi connectivity index (χ4n) is 2.34. The summed E-state index contributed by atoms with van der Waals surface area (Å²) in [4.78, 5) is 16.0. The first-order valence-corrected chi connectivity index (χ1v) is 6.91. The molecule has 0 unspecified atom stereocenters. The quantitative estimate of drug-likeness (QED) is 0.654. The lowest BCUT2D eigenvalue weighted by Crippen LogP contribution is -2.01. The lowest BCUT2D eigenvalue weighted by atomic mass is 9.99. The molecule has 0 radical (unpaired) electrons. The predicted molar refractivity (Wildman–Crippen MR) is 83.5 cm³/mol. The van der Waals surface area contributed by atoms with E-state index < -0.39 is 11.8 Å². The van der Waals surface area contributed by atoms with Crippen LogP contribution in [0.1, 0.15) is 10.4 Å². The van der Waals surface area contributed by atoms with E-state index in [0.717, 1.165) is 0 Å². The molecule has 0 saturated heterocycles. The molecule has 3 nitrogen and oxygen atoms in total. The number of pyridine rings is 1. The van der Waals surface area contributed by atoms with E-state index in [-0.39, 0.29) is 5.02 Å². The van der Waals surface area contributed by atoms with Crippen molar-refractivity contribution in [1.29, 1.82) is 0 Å². The van der Waals surface area contributed by atoms with Gasteiger partial charge in [-0.15, -0.1) is 0 Å². The van der Waals surface area contributed by atoms with E-state index in [4.69, 9.17) is 16.3 Å². The number of benzene rings is 2. The minimum absolute atomic E-state index is 0.0403. The molecule has 0 aliphatic heterocycles. The standard InChI is InChI=1S/C17H11ClFNO2/c1-22-17(21)10-5-6-15-13(9-10)11(7-8-20-15)12-3-2-4-14(19)16(12)18/h2-9H,1H3. The van der Waals surface area contributed by atoms with Crippen LogP contribution < -0.4 is 0 Å². The van der Waals surface area contributed by atoms with Crippen LogP contribution in [0.5, 0.6) is 0 Å². The van der Waals surface area contributed by atoms with E-state index in [2.05, 4.69) is 4.98 Å². The van der Waals surface area contributed by atoms with Gasteiger partial charge in [0.2, 0.25) is 0 Å². The summed E-state index contributed by atoms with van der Waals surface area (Å²) in [5.74, 6) is -0.935. The smallest absolute Gasteiger partial charge is 0.337 e. The van der Waals surface area contributed by atoms with Crippen molar-refractivity contribution in [3.8, 4) is 11.1 Å². The zero-order valence-corrected chi connectivity index (χ0v) is 12.4. The number of halogens is 2. The van der Waals surface area contributed by atoms with E-state index in [9.17, 15) is 9.18 Å². The van der Waals surface area contributed by atoms with Crippen LogP contribution in [0.3, 0.4) is 0 Å². The summed E-state index contributed by atoms with van der Waals surface area (Å²) >= 11 is 6.07. The Morgan fingerprint density at radius 3 is 2.77 bits per heavy atom. The molecule has 0 atom stereocenters. The van der Waals surface area contributed by atoms with Crippen LogP contribution in [-0.2, 0) is 4.74 Å². The second kappa shape index (κ2) is 5.73. The maximum absolute atomic E-state index is 13.7. The van der Waals surface area contributed by atoms with Crippen LogP contribution >= 0.6 is 11.6 Å². The summed E-state index contributed by atoms with van der Waals surface area (Å²) in [7, 11) is 1.32. The Kier molecular flexibility index (Phi) is 3.77. The van der Waals surface area contributed by atoms with Gasteiger partial charge in [0.1, 0.15) is 5.82 Å². The molecule has 3 rings (SSSR count). The SMILES string of the molecule is COC(=O)c1ccc2nccc(-c3cccc(F)c3Cl)c2c1. The molecular weight excluding hydrogens is 305 g/mol. The highest BCUT2D eigenvalue weighted by atomic mass is 35.5. The summed E-state index contributed by atoms with van der Waals surface area (Å²) in [6.07, 6.45) is 1.62. The molecule has 1 aromatic heterocycles. The molecule has 0 saturated carbocycles. The molecule has 0 bridgehead atoms. The van der Waals surface area contributed by atoms with E-state index in [1.807, 2.05) is 0 Å². The Bertz CT molecular complexity index is 880. The summed E-state index contributed by atoms with van der Waals surface area (Å²) in [5, 5.41) is 0.747. The number of carbonyl (C=O) groups excluding carboxylic acids is 1. The van der Waals surface area contributed by atoms with Gasteiger partial charge < -0.3 is 4.74 Å². The van der Waals surface area contributed by atoms with Crippen LogP contribution in [0.2, 0.25) is 5.02 Å². The van der Waals surface area contributed by atoms with Gasteiger partial charge >= 0.3 is 5.97 Å². The van der Waals surface area contributed by atoms with E-state index in [1.54, 1.807) is 42.6 Å². The maximum Gasteiger partial charge on any atom is 0.337 e. The highest BCUT2D eigenvalue weighted by molar-refractivity contribution is 6.33. The number of ether oxygens (including phenoxy) is 1. The van der Waals surface area contributed by atoms with Crippen molar-refractivity contribution in [2.45, 2.75) is 0 Å². The van der Waals surface area contributed by atoms with Gasteiger partial charge in [-0.2, -0.15) is 0 Å². The fourth-order valence-corrected chi connectivity index (χ4v) is 2.57. The Labute approximate surface area is 131 Å². The molecular formula is C17H11ClFNO2. The van der Waals surface area contributed by atoms with Crippen molar-refractivity contribution in [1.82, 2.24) is 4.98 Å². The Morgan fingerprint density at radius 1 is 1.18 bits per heavy atom. The maximum atomic E-state index is 13.7. The van der Waals surface area contributed by atoms with Gasteiger partial charge in [0.05, 0.1) is 23.2 Å². The van der Waals surface area contributed by atoms with Crippen LogP contribution in [0.4, 0.5) is 4.39 Å². The van der Waals surface area contributed by atoms with Crippen LogP contribution in [0.25, 0.3) is 22.0 Å². The highest BCUT2D eigenvalue weighted by Crippen LogP contribution is 2.34. The van der Waals surface area contributed by atoms with Crippen LogP contribution in [-0.4, -0.2) is 18.1 Å². The van der Waals surface area contributed by atoms with Crippen LogP contribution in [0.15, 0.2) is 48.7 Å². The summed E-state index contributed by atoms with van der Waals surface area (Å²) in [6, 6.07) is 11.4. The second-order valence-electron chi connectivity index (χ2n) is 4.68. The van der Waals surface area contributed by atoms with Gasteiger partial charge in [-0.05, 0) is 35.9 Å². The molecule has 22 heavy (non-hydrogen) atoms. The van der Waals surface area contributed by atoms with Gasteiger partial charge in [-0.1, -0.05) is 23.7 Å². The molecule has 2 aromatic carbocycles. The van der Waals surface area contributed by atoms with Crippen molar-refractivity contribution in [2.75, 3.05) is 7.11 Å². The third kappa shape index (κ3) is 2.42. The van der Waals surface area contributed by atoms with Gasteiger partial charge in [0.25, 0.3) is 0 Å². The highest BCUT2D eigenvalue weighted by Gasteiger charge is 2.13. The van der Waals surface area contributed by atoms with Crippen molar-refractivity contribution in [3.63, 3.8) is 0 Å². The number of fused-ring (bicyclic) bond motifs is 1. The normalized spacial score (nSPS) is 10.7. The van der Waals surface area contributed by atoms with E-state index in [1.165, 1.54) is 13.2 Å². The topological polar surface area (TPSA) is 39.2 Å². The number of esters is 1. The number of aromatic nitrogens is 1. The number of hydrogen-bond acceptors (Lipinski definition) is 3. The summed E-state index contributed by atoms with van der Waals surface area (Å²) in [6.45, 7) is 0. The number of hydrogen-bond donors (Lipinski definition) is 0. The van der Waals surface area contributed by atoms with Crippen molar-refractivity contribution < 1.29 is 13.9 Å². The zero-order chi connectivity index (χ0) is 15.7. The first-order valence-electron chi connectivity index (χ1n) is 6.53. The number of nitrogens with zero attached hydrogens (tertiary/aromatic N) is 1. The molecule has 0 aliphatic rings. The summed E-state index contributed by atoms with van der Waals surface area (Å²) < 4.78 is 18.4. The Morgan fingerprint density at radius 2 is 2.00 bits per heavy atom. The molecule has 0 aliphatic carbocycles. The lowest BCUT2D eigenvalue weighted by Gasteiger charge is -2.10. The van der Waals surface area contributed by atoms with Crippen molar-refractivity contribution >= 4 is 28.5 Å². The van der Waals surface area contributed by atoms with Gasteiger partial charge in [-0.3, -0.25) is 4.98 Å². The zero-order valence-electron chi connectivity index (χ0n) is 11.6. The van der Waals surface area contributed by atoms with Gasteiger partial charge in [0.15, 0.2) is 0 Å². The first-order chi connectivity index (χ1) is 10.6.